The molecule has 0 radical (unpaired) electrons. The number of esters is 1. The smallest absolute Gasteiger partial charge is 0.338 e. The maximum Gasteiger partial charge on any atom is 0.338 e. The van der Waals surface area contributed by atoms with Crippen molar-refractivity contribution >= 4 is 23.4 Å². The summed E-state index contributed by atoms with van der Waals surface area (Å²) in [6, 6.07) is 6.69. The summed E-state index contributed by atoms with van der Waals surface area (Å²) < 4.78 is 14.5. The third kappa shape index (κ3) is 4.16. The van der Waals surface area contributed by atoms with Crippen molar-refractivity contribution in [3.63, 3.8) is 0 Å². The van der Waals surface area contributed by atoms with Gasteiger partial charge in [0, 0.05) is 18.3 Å². The van der Waals surface area contributed by atoms with Crippen LogP contribution in [0.1, 0.15) is 43.6 Å². The van der Waals surface area contributed by atoms with Gasteiger partial charge in [-0.25, -0.2) is 9.79 Å². The van der Waals surface area contributed by atoms with E-state index in [9.17, 15) is 9.59 Å². The van der Waals surface area contributed by atoms with Crippen molar-refractivity contribution in [2.75, 3.05) is 13.7 Å². The standard InChI is InChI=1S/C24H26N4O4S/c1-6-27-13-17(14(3)26-27)12-19-22(29)28-21(16-8-10-18(31-5)11-9-16)20(23(30)32-7-2)15(4)25-24(28)33-19/h8-13,21H,6-7H2,1-5H3. The van der Waals surface area contributed by atoms with Gasteiger partial charge in [-0.2, -0.15) is 5.10 Å². The minimum atomic E-state index is -0.646. The second-order valence-electron chi connectivity index (χ2n) is 7.60. The highest BCUT2D eigenvalue weighted by molar-refractivity contribution is 7.07. The van der Waals surface area contributed by atoms with Gasteiger partial charge in [0.1, 0.15) is 5.75 Å². The van der Waals surface area contributed by atoms with Gasteiger partial charge in [-0.15, -0.1) is 0 Å². The molecule has 1 aliphatic heterocycles. The number of rotatable bonds is 6. The molecule has 4 rings (SSSR count). The molecule has 0 saturated carbocycles. The van der Waals surface area contributed by atoms with E-state index in [4.69, 9.17) is 9.47 Å². The first-order valence-electron chi connectivity index (χ1n) is 10.8. The van der Waals surface area contributed by atoms with Crippen molar-refractivity contribution in [1.29, 1.82) is 0 Å². The van der Waals surface area contributed by atoms with Crippen molar-refractivity contribution in [1.82, 2.24) is 14.3 Å². The number of methoxy groups -OCH3 is 1. The topological polar surface area (TPSA) is 87.7 Å². The quantitative estimate of drug-likeness (QED) is 0.521. The summed E-state index contributed by atoms with van der Waals surface area (Å²) in [6.07, 6.45) is 3.76. The van der Waals surface area contributed by atoms with Crippen molar-refractivity contribution < 1.29 is 14.3 Å². The van der Waals surface area contributed by atoms with Crippen LogP contribution in [0.4, 0.5) is 0 Å². The van der Waals surface area contributed by atoms with E-state index in [2.05, 4.69) is 10.1 Å². The van der Waals surface area contributed by atoms with Crippen LogP contribution in [0.15, 0.2) is 51.5 Å². The van der Waals surface area contributed by atoms with Gasteiger partial charge in [0.2, 0.25) is 0 Å². The lowest BCUT2D eigenvalue weighted by Gasteiger charge is -2.24. The molecule has 3 heterocycles. The van der Waals surface area contributed by atoms with Crippen molar-refractivity contribution in [3.8, 4) is 5.75 Å². The molecule has 2 aromatic heterocycles. The highest BCUT2D eigenvalue weighted by Gasteiger charge is 2.33. The molecule has 8 nitrogen and oxygen atoms in total. The van der Waals surface area contributed by atoms with Crippen LogP contribution >= 0.6 is 11.3 Å². The van der Waals surface area contributed by atoms with E-state index in [0.29, 0.717) is 26.4 Å². The first kappa shape index (κ1) is 22.7. The van der Waals surface area contributed by atoms with Gasteiger partial charge in [-0.1, -0.05) is 23.5 Å². The van der Waals surface area contributed by atoms with E-state index in [1.165, 1.54) is 11.3 Å². The second kappa shape index (κ2) is 9.19. The van der Waals surface area contributed by atoms with Gasteiger partial charge in [0.05, 0.1) is 41.3 Å². The van der Waals surface area contributed by atoms with Crippen LogP contribution < -0.4 is 19.6 Å². The summed E-state index contributed by atoms with van der Waals surface area (Å²) in [5.74, 6) is 0.210. The Bertz CT molecular complexity index is 1410. The fraction of sp³-hybridized carbons (Fsp3) is 0.333. The van der Waals surface area contributed by atoms with Crippen molar-refractivity contribution in [2.45, 2.75) is 40.3 Å². The van der Waals surface area contributed by atoms with E-state index in [1.807, 2.05) is 55.1 Å². The number of carbonyl (C=O) groups is 1. The summed E-state index contributed by atoms with van der Waals surface area (Å²) in [4.78, 5) is 31.7. The van der Waals surface area contributed by atoms with Gasteiger partial charge in [0.25, 0.3) is 5.56 Å². The SMILES string of the molecule is CCOC(=O)C1=C(C)N=c2sc(=Cc3cn(CC)nc3C)c(=O)n2C1c1ccc(OC)cc1. The molecular formula is C24H26N4O4S. The van der Waals surface area contributed by atoms with Gasteiger partial charge in [-0.05, 0) is 51.5 Å². The molecule has 0 spiro atoms. The number of aromatic nitrogens is 3. The van der Waals surface area contributed by atoms with Crippen LogP contribution in [-0.2, 0) is 16.1 Å². The molecule has 1 aromatic carbocycles. The lowest BCUT2D eigenvalue weighted by atomic mass is 9.96. The van der Waals surface area contributed by atoms with Gasteiger partial charge >= 0.3 is 5.97 Å². The Labute approximate surface area is 195 Å². The van der Waals surface area contributed by atoms with Crippen LogP contribution in [-0.4, -0.2) is 34.0 Å². The normalized spacial score (nSPS) is 15.9. The maximum absolute atomic E-state index is 13.6. The van der Waals surface area contributed by atoms with E-state index in [0.717, 1.165) is 23.4 Å². The predicted octanol–water partition coefficient (Wildman–Crippen LogP) is 2.33. The Morgan fingerprint density at radius 1 is 1.21 bits per heavy atom. The molecule has 172 valence electrons. The Kier molecular flexibility index (Phi) is 6.33. The summed E-state index contributed by atoms with van der Waals surface area (Å²) in [6.45, 7) is 8.43. The number of benzene rings is 1. The Morgan fingerprint density at radius 3 is 2.55 bits per heavy atom. The van der Waals surface area contributed by atoms with Crippen LogP contribution in [0.25, 0.3) is 6.08 Å². The monoisotopic (exact) mass is 466 g/mol. The second-order valence-corrected chi connectivity index (χ2v) is 8.61. The largest absolute Gasteiger partial charge is 0.497 e. The molecule has 3 aromatic rings. The predicted molar refractivity (Wildman–Crippen MR) is 126 cm³/mol. The van der Waals surface area contributed by atoms with Crippen LogP contribution in [0, 0.1) is 6.92 Å². The number of carbonyl (C=O) groups excluding carboxylic acids is 1. The molecule has 9 heteroatoms. The molecule has 0 fully saturated rings. The number of hydrogen-bond donors (Lipinski definition) is 0. The zero-order valence-electron chi connectivity index (χ0n) is 19.3. The molecule has 0 amide bonds. The number of ether oxygens (including phenoxy) is 2. The molecule has 0 saturated heterocycles. The number of thiazole rings is 1. The Hall–Kier alpha value is -3.46. The van der Waals surface area contributed by atoms with Gasteiger partial charge in [-0.3, -0.25) is 14.0 Å². The zero-order valence-corrected chi connectivity index (χ0v) is 20.1. The highest BCUT2D eigenvalue weighted by atomic mass is 32.1. The zero-order chi connectivity index (χ0) is 23.7. The summed E-state index contributed by atoms with van der Waals surface area (Å²) in [7, 11) is 1.59. The average Bonchev–Trinajstić information content (AvgIpc) is 3.32. The lowest BCUT2D eigenvalue weighted by Crippen LogP contribution is -2.39. The fourth-order valence-electron chi connectivity index (χ4n) is 3.87. The summed E-state index contributed by atoms with van der Waals surface area (Å²) in [5, 5.41) is 4.46. The van der Waals surface area contributed by atoms with E-state index in [-0.39, 0.29) is 12.2 Å². The molecule has 33 heavy (non-hydrogen) atoms. The lowest BCUT2D eigenvalue weighted by molar-refractivity contribution is -0.139. The molecule has 0 bridgehead atoms. The highest BCUT2D eigenvalue weighted by Crippen LogP contribution is 2.31. The third-order valence-electron chi connectivity index (χ3n) is 5.54. The first-order chi connectivity index (χ1) is 15.9. The third-order valence-corrected chi connectivity index (χ3v) is 6.53. The first-order valence-corrected chi connectivity index (χ1v) is 11.6. The van der Waals surface area contributed by atoms with Gasteiger partial charge in [0.15, 0.2) is 4.80 Å². The number of hydrogen-bond acceptors (Lipinski definition) is 7. The Morgan fingerprint density at radius 2 is 1.94 bits per heavy atom. The van der Waals surface area contributed by atoms with Crippen LogP contribution in [0.3, 0.4) is 0 Å². The number of aryl methyl sites for hydroxylation is 2. The van der Waals surface area contributed by atoms with Crippen molar-refractivity contribution in [3.05, 3.63) is 78.2 Å². The molecule has 0 N–H and O–H groups in total. The number of nitrogens with zero attached hydrogens (tertiary/aromatic N) is 4. The molecule has 1 aliphatic rings. The van der Waals surface area contributed by atoms with E-state index >= 15 is 0 Å². The number of allylic oxidation sites excluding steroid dienone is 1. The van der Waals surface area contributed by atoms with Crippen molar-refractivity contribution in [2.24, 2.45) is 4.99 Å². The minimum absolute atomic E-state index is 0.211. The maximum atomic E-state index is 13.6. The number of fused-ring (bicyclic) bond motifs is 1. The van der Waals surface area contributed by atoms with E-state index < -0.39 is 12.0 Å². The molecule has 1 atom stereocenters. The fourth-order valence-corrected chi connectivity index (χ4v) is 4.91. The Balaban J connectivity index is 1.94. The average molecular weight is 467 g/mol. The van der Waals surface area contributed by atoms with E-state index in [1.54, 1.807) is 25.5 Å². The summed E-state index contributed by atoms with van der Waals surface area (Å²) in [5.41, 5.74) is 3.18. The molecular weight excluding hydrogens is 440 g/mol. The molecule has 0 aliphatic carbocycles. The summed E-state index contributed by atoms with van der Waals surface area (Å²) >= 11 is 1.30. The van der Waals surface area contributed by atoms with Crippen LogP contribution in [0.5, 0.6) is 5.75 Å². The minimum Gasteiger partial charge on any atom is -0.497 e. The van der Waals surface area contributed by atoms with Gasteiger partial charge < -0.3 is 9.47 Å². The molecule has 1 unspecified atom stereocenters. The van der Waals surface area contributed by atoms with Crippen LogP contribution in [0.2, 0.25) is 0 Å².